The van der Waals surface area contributed by atoms with Gasteiger partial charge in [0, 0.05) is 30.6 Å². The average Bonchev–Trinajstić information content (AvgIpc) is 3.08. The van der Waals surface area contributed by atoms with Crippen LogP contribution in [0.5, 0.6) is 5.75 Å². The Kier molecular flexibility index (Phi) is 12.0. The summed E-state index contributed by atoms with van der Waals surface area (Å²) >= 11 is 1.67. The molecule has 10 heteroatoms. The van der Waals surface area contributed by atoms with Crippen molar-refractivity contribution >= 4 is 41.3 Å². The molecular formula is C19H27F2IN4O2S. The molecule has 0 aliphatic heterocycles. The molecule has 0 aliphatic rings. The van der Waals surface area contributed by atoms with Crippen LogP contribution in [-0.4, -0.2) is 42.3 Å². The summed E-state index contributed by atoms with van der Waals surface area (Å²) in [7, 11) is 0. The summed E-state index contributed by atoms with van der Waals surface area (Å²) in [5, 5.41) is 19.8. The van der Waals surface area contributed by atoms with Gasteiger partial charge in [-0.3, -0.25) is 4.99 Å². The minimum Gasteiger partial charge on any atom is -0.435 e. The largest absolute Gasteiger partial charge is 0.435 e. The van der Waals surface area contributed by atoms with Gasteiger partial charge in [0.2, 0.25) is 0 Å². The Morgan fingerprint density at radius 2 is 2.00 bits per heavy atom. The number of thiazole rings is 1. The van der Waals surface area contributed by atoms with Gasteiger partial charge >= 0.3 is 6.61 Å². The highest BCUT2D eigenvalue weighted by Crippen LogP contribution is 2.19. The predicted octanol–water partition coefficient (Wildman–Crippen LogP) is 3.89. The number of ether oxygens (including phenoxy) is 1. The normalized spacial score (nSPS) is 12.4. The van der Waals surface area contributed by atoms with E-state index in [1.165, 1.54) is 12.1 Å². The number of nitrogens with zero attached hydrogens (tertiary/aromatic N) is 2. The van der Waals surface area contributed by atoms with Crippen molar-refractivity contribution in [3.8, 4) is 5.75 Å². The van der Waals surface area contributed by atoms with Gasteiger partial charge in [-0.25, -0.2) is 4.98 Å². The fraction of sp³-hybridized carbons (Fsp3) is 0.474. The predicted molar refractivity (Wildman–Crippen MR) is 123 cm³/mol. The van der Waals surface area contributed by atoms with Gasteiger partial charge in [-0.2, -0.15) is 8.78 Å². The summed E-state index contributed by atoms with van der Waals surface area (Å²) in [6.07, 6.45) is 0.987. The number of alkyl halides is 2. The van der Waals surface area contributed by atoms with Crippen molar-refractivity contribution in [2.75, 3.05) is 19.6 Å². The molecule has 1 aromatic carbocycles. The van der Waals surface area contributed by atoms with Crippen LogP contribution in [0.15, 0.2) is 34.6 Å². The Labute approximate surface area is 190 Å². The Morgan fingerprint density at radius 3 is 2.59 bits per heavy atom. The molecule has 2 rings (SSSR count). The number of guanidine groups is 1. The fourth-order valence-corrected chi connectivity index (χ4v) is 3.28. The van der Waals surface area contributed by atoms with E-state index in [-0.39, 0.29) is 36.3 Å². The van der Waals surface area contributed by atoms with Gasteiger partial charge in [-0.05, 0) is 38.0 Å². The summed E-state index contributed by atoms with van der Waals surface area (Å²) in [5.74, 6) is 0.675. The van der Waals surface area contributed by atoms with Crippen molar-refractivity contribution < 1.29 is 18.6 Å². The first-order valence-electron chi connectivity index (χ1n) is 9.14. The number of aliphatic hydroxyl groups excluding tert-OH is 1. The monoisotopic (exact) mass is 540 g/mol. The lowest BCUT2D eigenvalue weighted by molar-refractivity contribution is -0.0498. The second-order valence-electron chi connectivity index (χ2n) is 6.10. The molecule has 2 aromatic rings. The maximum absolute atomic E-state index is 12.2. The summed E-state index contributed by atoms with van der Waals surface area (Å²) in [6, 6.07) is 5.90. The molecule has 3 N–H and O–H groups in total. The number of aromatic nitrogens is 1. The first-order chi connectivity index (χ1) is 13.5. The van der Waals surface area contributed by atoms with E-state index >= 15 is 0 Å². The lowest BCUT2D eigenvalue weighted by Gasteiger charge is -2.13. The molecule has 1 unspecified atom stereocenters. The van der Waals surface area contributed by atoms with Crippen LogP contribution in [0.25, 0.3) is 0 Å². The molecule has 0 saturated heterocycles. The van der Waals surface area contributed by atoms with Crippen LogP contribution in [0.3, 0.4) is 0 Å². The zero-order valence-corrected chi connectivity index (χ0v) is 19.5. The maximum atomic E-state index is 12.2. The highest BCUT2D eigenvalue weighted by Gasteiger charge is 2.09. The number of benzene rings is 1. The van der Waals surface area contributed by atoms with Crippen molar-refractivity contribution in [1.82, 2.24) is 15.6 Å². The first-order valence-corrected chi connectivity index (χ1v) is 10.0. The van der Waals surface area contributed by atoms with E-state index in [4.69, 9.17) is 0 Å². The number of hydrogen-bond acceptors (Lipinski definition) is 5. The van der Waals surface area contributed by atoms with E-state index in [0.29, 0.717) is 18.1 Å². The van der Waals surface area contributed by atoms with E-state index in [2.05, 4.69) is 25.3 Å². The van der Waals surface area contributed by atoms with E-state index < -0.39 is 12.7 Å². The number of aliphatic hydroxyl groups is 1. The summed E-state index contributed by atoms with van der Waals surface area (Å²) in [6.45, 7) is 2.67. The topological polar surface area (TPSA) is 78.8 Å². The standard InChI is InChI=1S/C19H26F2N4O2S.HI/c1-3-22-19(23-10-4-5-17-25-13(2)12-28-17)24-11-16(26)14-6-8-15(9-7-14)27-18(20)21;/h6-9,12,16,18,26H,3-5,10-11H2,1-2H3,(H2,22,23,24);1H. The number of halogens is 3. The second-order valence-corrected chi connectivity index (χ2v) is 7.04. The number of hydrogen-bond donors (Lipinski definition) is 3. The fourth-order valence-electron chi connectivity index (χ4n) is 2.46. The number of nitrogens with one attached hydrogen (secondary N) is 2. The van der Waals surface area contributed by atoms with Gasteiger partial charge in [-0.1, -0.05) is 12.1 Å². The molecule has 162 valence electrons. The zero-order chi connectivity index (χ0) is 20.4. The number of rotatable bonds is 10. The Bertz CT molecular complexity index is 744. The van der Waals surface area contributed by atoms with Crippen molar-refractivity contribution in [3.05, 3.63) is 45.9 Å². The lowest BCUT2D eigenvalue weighted by atomic mass is 10.1. The molecule has 0 fully saturated rings. The molecule has 0 spiro atoms. The summed E-state index contributed by atoms with van der Waals surface area (Å²) in [4.78, 5) is 8.83. The Balaban J connectivity index is 0.00000420. The van der Waals surface area contributed by atoms with Crippen LogP contribution < -0.4 is 15.4 Å². The molecule has 1 aromatic heterocycles. The Morgan fingerprint density at radius 1 is 1.28 bits per heavy atom. The van der Waals surface area contributed by atoms with Gasteiger partial charge in [0.25, 0.3) is 0 Å². The lowest BCUT2D eigenvalue weighted by Crippen LogP contribution is -2.38. The third-order valence-electron chi connectivity index (χ3n) is 3.78. The molecule has 1 atom stereocenters. The first kappa shape index (κ1) is 25.5. The maximum Gasteiger partial charge on any atom is 0.387 e. The Hall–Kier alpha value is -1.53. The molecule has 29 heavy (non-hydrogen) atoms. The van der Waals surface area contributed by atoms with Crippen LogP contribution in [-0.2, 0) is 6.42 Å². The zero-order valence-electron chi connectivity index (χ0n) is 16.4. The van der Waals surface area contributed by atoms with Crippen LogP contribution in [0, 0.1) is 6.92 Å². The van der Waals surface area contributed by atoms with Gasteiger partial charge in [0.15, 0.2) is 5.96 Å². The molecule has 0 radical (unpaired) electrons. The van der Waals surface area contributed by atoms with Crippen LogP contribution >= 0.6 is 35.3 Å². The summed E-state index contributed by atoms with van der Waals surface area (Å²) in [5.41, 5.74) is 1.63. The van der Waals surface area contributed by atoms with E-state index in [9.17, 15) is 13.9 Å². The molecule has 0 bridgehead atoms. The third-order valence-corrected chi connectivity index (χ3v) is 4.81. The quantitative estimate of drug-likeness (QED) is 0.185. The van der Waals surface area contributed by atoms with Gasteiger partial charge in [0.1, 0.15) is 5.75 Å². The van der Waals surface area contributed by atoms with Gasteiger partial charge < -0.3 is 20.5 Å². The SMILES string of the molecule is CCNC(=NCC(O)c1ccc(OC(F)F)cc1)NCCCc1nc(C)cs1.I. The summed E-state index contributed by atoms with van der Waals surface area (Å²) < 4.78 is 28.7. The third kappa shape index (κ3) is 9.68. The highest BCUT2D eigenvalue weighted by molar-refractivity contribution is 14.0. The second kappa shape index (κ2) is 13.6. The number of aryl methyl sites for hydroxylation is 2. The van der Waals surface area contributed by atoms with Gasteiger partial charge in [0.05, 0.1) is 17.7 Å². The molecule has 0 saturated carbocycles. The average molecular weight is 540 g/mol. The van der Waals surface area contributed by atoms with Crippen molar-refractivity contribution in [2.24, 2.45) is 4.99 Å². The molecule has 6 nitrogen and oxygen atoms in total. The molecule has 0 amide bonds. The van der Waals surface area contributed by atoms with E-state index in [1.54, 1.807) is 23.5 Å². The van der Waals surface area contributed by atoms with E-state index in [1.807, 2.05) is 19.2 Å². The minimum absolute atomic E-state index is 0. The molecule has 1 heterocycles. The van der Waals surface area contributed by atoms with Crippen molar-refractivity contribution in [2.45, 2.75) is 39.4 Å². The van der Waals surface area contributed by atoms with Crippen LogP contribution in [0.2, 0.25) is 0 Å². The van der Waals surface area contributed by atoms with Gasteiger partial charge in [-0.15, -0.1) is 35.3 Å². The molecule has 0 aliphatic carbocycles. The van der Waals surface area contributed by atoms with Crippen LogP contribution in [0.4, 0.5) is 8.78 Å². The van der Waals surface area contributed by atoms with E-state index in [0.717, 1.165) is 30.1 Å². The van der Waals surface area contributed by atoms with Crippen molar-refractivity contribution in [3.63, 3.8) is 0 Å². The molecular weight excluding hydrogens is 513 g/mol. The van der Waals surface area contributed by atoms with Crippen molar-refractivity contribution in [1.29, 1.82) is 0 Å². The van der Waals surface area contributed by atoms with Crippen LogP contribution in [0.1, 0.15) is 35.7 Å². The minimum atomic E-state index is -2.87. The smallest absolute Gasteiger partial charge is 0.387 e. The highest BCUT2D eigenvalue weighted by atomic mass is 127. The number of aliphatic imine (C=N–C) groups is 1.